The molecule has 5 aliphatic carbocycles. The van der Waals surface area contributed by atoms with Gasteiger partial charge in [-0.1, -0.05) is 66.7 Å². The van der Waals surface area contributed by atoms with Crippen molar-refractivity contribution < 1.29 is 15.0 Å². The van der Waals surface area contributed by atoms with Crippen LogP contribution in [0, 0.1) is 62.6 Å². The lowest BCUT2D eigenvalue weighted by atomic mass is 9.32. The molecule has 1 aromatic rings. The molecule has 4 fully saturated rings. The van der Waals surface area contributed by atoms with E-state index in [1.165, 1.54) is 62.5 Å². The summed E-state index contributed by atoms with van der Waals surface area (Å²) in [5.74, 6) is 3.35. The molecule has 5 aliphatic rings. The minimum Gasteiger partial charge on any atom is -0.478 e. The average Bonchev–Trinajstić information content (AvgIpc) is 3.29. The number of hydrogen-bond acceptors (Lipinski definition) is 2. The van der Waals surface area contributed by atoms with Crippen molar-refractivity contribution in [2.75, 3.05) is 6.61 Å². The van der Waals surface area contributed by atoms with E-state index < -0.39 is 5.97 Å². The number of carbonyl (C=O) groups is 1. The van der Waals surface area contributed by atoms with Gasteiger partial charge in [0.1, 0.15) is 0 Å². The Bertz CT molecular complexity index is 1190. The van der Waals surface area contributed by atoms with Crippen LogP contribution in [0.4, 0.5) is 0 Å². The highest BCUT2D eigenvalue weighted by molar-refractivity contribution is 5.88. The van der Waals surface area contributed by atoms with Crippen LogP contribution < -0.4 is 0 Å². The average molecular weight is 547 g/mol. The Hall–Kier alpha value is -1.61. The monoisotopic (exact) mass is 546 g/mol. The van der Waals surface area contributed by atoms with E-state index in [9.17, 15) is 15.0 Å². The predicted molar refractivity (Wildman–Crippen MR) is 163 cm³/mol. The number of rotatable bonds is 4. The van der Waals surface area contributed by atoms with Gasteiger partial charge in [0.25, 0.3) is 0 Å². The van der Waals surface area contributed by atoms with Crippen molar-refractivity contribution in [1.82, 2.24) is 0 Å². The summed E-state index contributed by atoms with van der Waals surface area (Å²) in [5.41, 5.74) is 4.12. The first-order valence-electron chi connectivity index (χ1n) is 16.4. The molecule has 3 heteroatoms. The number of carboxylic acids is 1. The Labute approximate surface area is 243 Å². The molecule has 4 saturated carbocycles. The van der Waals surface area contributed by atoms with Gasteiger partial charge >= 0.3 is 5.97 Å². The van der Waals surface area contributed by atoms with E-state index in [1.807, 2.05) is 12.1 Å². The summed E-state index contributed by atoms with van der Waals surface area (Å²) in [6.45, 7) is 18.2. The molecule has 0 bridgehead atoms. The van der Waals surface area contributed by atoms with E-state index in [2.05, 4.69) is 54.5 Å². The molecule has 1 unspecified atom stereocenters. The maximum Gasteiger partial charge on any atom is 0.335 e. The van der Waals surface area contributed by atoms with Gasteiger partial charge in [0.15, 0.2) is 0 Å². The van der Waals surface area contributed by atoms with Crippen LogP contribution in [0.5, 0.6) is 0 Å². The summed E-state index contributed by atoms with van der Waals surface area (Å²) in [4.78, 5) is 11.5. The van der Waals surface area contributed by atoms with Crippen LogP contribution in [0.3, 0.4) is 0 Å². The minimum absolute atomic E-state index is 0.0453. The molecule has 1 aromatic carbocycles. The zero-order valence-corrected chi connectivity index (χ0v) is 26.2. The highest BCUT2D eigenvalue weighted by Gasteiger charge is 2.70. The normalized spacial score (nSPS) is 45.6. The first-order valence-corrected chi connectivity index (χ1v) is 16.4. The largest absolute Gasteiger partial charge is 0.478 e. The SMILES string of the molecule is CC(C)[C@@H]1CCC2(CO)CC[C@]3(C)[C@H](CC[C@@H]4[C@@]5(C)CC=C(c6ccc(C(=O)O)cc6)C(C)(C)[C@@H]5CC[C@]43C)[C@@H]12. The number of aromatic carboxylic acids is 1. The van der Waals surface area contributed by atoms with Crippen molar-refractivity contribution in [2.45, 2.75) is 106 Å². The van der Waals surface area contributed by atoms with Crippen molar-refractivity contribution in [1.29, 1.82) is 0 Å². The smallest absolute Gasteiger partial charge is 0.335 e. The second kappa shape index (κ2) is 9.19. The van der Waals surface area contributed by atoms with E-state index in [0.29, 0.717) is 46.7 Å². The molecule has 220 valence electrons. The zero-order valence-electron chi connectivity index (χ0n) is 26.2. The van der Waals surface area contributed by atoms with Crippen LogP contribution in [-0.4, -0.2) is 22.8 Å². The van der Waals surface area contributed by atoms with Gasteiger partial charge in [0, 0.05) is 6.61 Å². The van der Waals surface area contributed by atoms with Crippen LogP contribution in [0.2, 0.25) is 0 Å². The molecule has 2 N–H and O–H groups in total. The fourth-order valence-corrected chi connectivity index (χ4v) is 12.7. The summed E-state index contributed by atoms with van der Waals surface area (Å²) >= 11 is 0. The number of aliphatic hydroxyl groups is 1. The minimum atomic E-state index is -0.858. The second-order valence-corrected chi connectivity index (χ2v) is 16.6. The Balaban J connectivity index is 1.36. The van der Waals surface area contributed by atoms with Gasteiger partial charge in [0.2, 0.25) is 0 Å². The molecule has 0 aliphatic heterocycles. The fourth-order valence-electron chi connectivity index (χ4n) is 12.7. The molecule has 6 rings (SSSR count). The third-order valence-electron chi connectivity index (χ3n) is 14.8. The third kappa shape index (κ3) is 3.61. The molecule has 0 spiro atoms. The maximum atomic E-state index is 11.5. The van der Waals surface area contributed by atoms with Gasteiger partial charge in [-0.05, 0) is 144 Å². The van der Waals surface area contributed by atoms with E-state index >= 15 is 0 Å². The first-order chi connectivity index (χ1) is 18.7. The van der Waals surface area contributed by atoms with Crippen LogP contribution in [0.15, 0.2) is 30.3 Å². The molecule has 40 heavy (non-hydrogen) atoms. The fraction of sp³-hybridized carbons (Fsp3) is 0.757. The number of carboxylic acid groups (broad SMARTS) is 1. The standard InChI is InChI=1S/C37H54O3/c1-23(2)26-14-19-37(22-38)21-20-35(6)28(31(26)37)12-13-30-34(5)17-15-27(24-8-10-25(11-9-24)32(39)40)33(3,4)29(34)16-18-36(30,35)7/h8-11,15,23,26,28-31,38H,12-14,16-22H2,1-7H3,(H,39,40)/t26-,28+,29-,30+,31+,34-,35+,36+,37?/m0/s1. The van der Waals surface area contributed by atoms with Gasteiger partial charge in [-0.25, -0.2) is 4.79 Å². The topological polar surface area (TPSA) is 57.5 Å². The highest BCUT2D eigenvalue weighted by Crippen LogP contribution is 2.77. The van der Waals surface area contributed by atoms with Crippen LogP contribution in [0.25, 0.3) is 5.57 Å². The molecular weight excluding hydrogens is 492 g/mol. The molecule has 9 atom stereocenters. The Morgan fingerprint density at radius 3 is 2.20 bits per heavy atom. The van der Waals surface area contributed by atoms with Gasteiger partial charge in [0.05, 0.1) is 5.56 Å². The van der Waals surface area contributed by atoms with Gasteiger partial charge in [-0.15, -0.1) is 0 Å². The summed E-state index contributed by atoms with van der Waals surface area (Å²) in [6.07, 6.45) is 14.0. The lowest BCUT2D eigenvalue weighted by Crippen LogP contribution is -2.65. The van der Waals surface area contributed by atoms with E-state index in [4.69, 9.17) is 0 Å². The molecule has 3 nitrogen and oxygen atoms in total. The van der Waals surface area contributed by atoms with Crippen LogP contribution in [-0.2, 0) is 0 Å². The number of hydrogen-bond donors (Lipinski definition) is 2. The van der Waals surface area contributed by atoms with Crippen LogP contribution in [0.1, 0.15) is 122 Å². The lowest BCUT2D eigenvalue weighted by Gasteiger charge is -2.72. The quantitative estimate of drug-likeness (QED) is 0.396. The summed E-state index contributed by atoms with van der Waals surface area (Å²) in [5, 5.41) is 20.2. The van der Waals surface area contributed by atoms with Gasteiger partial charge in [-0.3, -0.25) is 0 Å². The van der Waals surface area contributed by atoms with Crippen molar-refractivity contribution in [3.63, 3.8) is 0 Å². The Morgan fingerprint density at radius 1 is 0.875 bits per heavy atom. The Morgan fingerprint density at radius 2 is 1.57 bits per heavy atom. The van der Waals surface area contributed by atoms with Crippen molar-refractivity contribution in [3.05, 3.63) is 41.5 Å². The molecule has 0 heterocycles. The number of benzene rings is 1. The van der Waals surface area contributed by atoms with Gasteiger partial charge < -0.3 is 10.2 Å². The van der Waals surface area contributed by atoms with Crippen molar-refractivity contribution >= 4 is 11.5 Å². The first kappa shape index (κ1) is 28.5. The van der Waals surface area contributed by atoms with E-state index in [1.54, 1.807) is 12.1 Å². The zero-order chi connectivity index (χ0) is 28.9. The van der Waals surface area contributed by atoms with Gasteiger partial charge in [-0.2, -0.15) is 0 Å². The van der Waals surface area contributed by atoms with Crippen LogP contribution >= 0.6 is 0 Å². The highest BCUT2D eigenvalue weighted by atomic mass is 16.4. The molecule has 0 saturated heterocycles. The Kier molecular flexibility index (Phi) is 6.55. The number of aliphatic hydroxyl groups excluding tert-OH is 1. The predicted octanol–water partition coefficient (Wildman–Crippen LogP) is 9.11. The number of allylic oxidation sites excluding steroid dienone is 2. The summed E-state index contributed by atoms with van der Waals surface area (Å²) < 4.78 is 0. The van der Waals surface area contributed by atoms with E-state index in [-0.39, 0.29) is 16.2 Å². The lowest BCUT2D eigenvalue weighted by molar-refractivity contribution is -0.230. The third-order valence-corrected chi connectivity index (χ3v) is 14.8. The molecule has 0 aromatic heterocycles. The molecular formula is C37H54O3. The summed E-state index contributed by atoms with van der Waals surface area (Å²) in [6, 6.07) is 7.60. The van der Waals surface area contributed by atoms with E-state index in [0.717, 1.165) is 18.3 Å². The van der Waals surface area contributed by atoms with Crippen molar-refractivity contribution in [2.24, 2.45) is 62.6 Å². The van der Waals surface area contributed by atoms with Crippen molar-refractivity contribution in [3.8, 4) is 0 Å². The second-order valence-electron chi connectivity index (χ2n) is 16.6. The summed E-state index contributed by atoms with van der Waals surface area (Å²) in [7, 11) is 0. The molecule has 0 radical (unpaired) electrons. The molecule has 0 amide bonds. The maximum absolute atomic E-state index is 11.5. The number of fused-ring (bicyclic) bond motifs is 7.